The predicted octanol–water partition coefficient (Wildman–Crippen LogP) is 14.7. The number of benzene rings is 4. The lowest BCUT2D eigenvalue weighted by Gasteiger charge is -2.18. The van der Waals surface area contributed by atoms with Crippen LogP contribution in [0.5, 0.6) is 0 Å². The summed E-state index contributed by atoms with van der Waals surface area (Å²) in [5.74, 6) is -0.462. The van der Waals surface area contributed by atoms with Gasteiger partial charge in [0.1, 0.15) is 0 Å². The fraction of sp³-hybridized carbons (Fsp3) is 0.392. The molecular weight excluding hydrogens is 725 g/mol. The maximum absolute atomic E-state index is 11.8. The van der Waals surface area contributed by atoms with E-state index in [1.807, 2.05) is 22.7 Å². The van der Waals surface area contributed by atoms with Crippen molar-refractivity contribution in [3.63, 3.8) is 0 Å². The molecule has 0 saturated carbocycles. The first-order valence-corrected chi connectivity index (χ1v) is 22.7. The van der Waals surface area contributed by atoms with Crippen molar-refractivity contribution in [2.75, 3.05) is 6.79 Å². The van der Waals surface area contributed by atoms with Crippen molar-refractivity contribution < 1.29 is 14.3 Å². The minimum absolute atomic E-state index is 0.0530. The van der Waals surface area contributed by atoms with Crippen LogP contribution in [0, 0.1) is 0 Å². The van der Waals surface area contributed by atoms with Crippen LogP contribution in [0.3, 0.4) is 0 Å². The third-order valence-corrected chi connectivity index (χ3v) is 13.4. The Kier molecular flexibility index (Phi) is 15.6. The van der Waals surface area contributed by atoms with Crippen LogP contribution in [0.15, 0.2) is 97.6 Å². The number of ether oxygens (including phenoxy) is 2. The fourth-order valence-electron chi connectivity index (χ4n) is 7.77. The van der Waals surface area contributed by atoms with E-state index in [0.717, 1.165) is 51.4 Å². The van der Waals surface area contributed by atoms with E-state index in [1.165, 1.54) is 119 Å². The number of rotatable bonds is 22. The summed E-state index contributed by atoms with van der Waals surface area (Å²) in [6, 6.07) is 32.7. The summed E-state index contributed by atoms with van der Waals surface area (Å²) in [4.78, 5) is 14.5. The van der Waals surface area contributed by atoms with Crippen molar-refractivity contribution in [2.45, 2.75) is 124 Å². The number of esters is 1. The molecule has 0 amide bonds. The molecule has 0 spiro atoms. The number of unbranched alkanes of at least 4 members (excludes halogenated alkanes) is 4. The highest BCUT2D eigenvalue weighted by atomic mass is 32.1. The van der Waals surface area contributed by atoms with Crippen LogP contribution in [0.25, 0.3) is 41.1 Å². The van der Waals surface area contributed by atoms with E-state index in [4.69, 9.17) is 9.47 Å². The van der Waals surface area contributed by atoms with Crippen molar-refractivity contribution in [1.29, 1.82) is 0 Å². The van der Waals surface area contributed by atoms with E-state index in [0.29, 0.717) is 0 Å². The molecule has 0 saturated heterocycles. The smallest absolute Gasteiger partial charge is 0.332 e. The molecule has 56 heavy (non-hydrogen) atoms. The van der Waals surface area contributed by atoms with Crippen molar-refractivity contribution >= 4 is 48.8 Å². The fourth-order valence-corrected chi connectivity index (χ4v) is 10.1. The summed E-state index contributed by atoms with van der Waals surface area (Å²) < 4.78 is 14.1. The molecular formula is C51H60O3S2. The number of thiophene rings is 2. The summed E-state index contributed by atoms with van der Waals surface area (Å²) in [7, 11) is 0. The summed E-state index contributed by atoms with van der Waals surface area (Å²) in [5, 5.41) is 2.59. The van der Waals surface area contributed by atoms with Crippen LogP contribution in [0.2, 0.25) is 0 Å². The molecule has 0 aliphatic rings. The minimum atomic E-state index is -0.462. The number of hydrogen-bond donors (Lipinski definition) is 0. The number of aryl methyl sites for hydroxylation is 6. The van der Waals surface area contributed by atoms with Gasteiger partial charge in [0.05, 0.1) is 6.10 Å². The minimum Gasteiger partial charge on any atom is -0.435 e. The third kappa shape index (κ3) is 11.1. The summed E-state index contributed by atoms with van der Waals surface area (Å²) >= 11 is 3.79. The van der Waals surface area contributed by atoms with Gasteiger partial charge in [0, 0.05) is 25.2 Å². The van der Waals surface area contributed by atoms with Gasteiger partial charge in [0.25, 0.3) is 0 Å². The zero-order valence-corrected chi connectivity index (χ0v) is 35.7. The highest BCUT2D eigenvalue weighted by Crippen LogP contribution is 2.38. The molecule has 0 aliphatic heterocycles. The van der Waals surface area contributed by atoms with Gasteiger partial charge in [-0.2, -0.15) is 0 Å². The van der Waals surface area contributed by atoms with Gasteiger partial charge in [-0.1, -0.05) is 121 Å². The molecule has 0 atom stereocenters. The summed E-state index contributed by atoms with van der Waals surface area (Å²) in [5.41, 5.74) is 11.1. The molecule has 0 fully saturated rings. The Morgan fingerprint density at radius 3 is 1.52 bits per heavy atom. The summed E-state index contributed by atoms with van der Waals surface area (Å²) in [6.45, 7) is 12.5. The first-order chi connectivity index (χ1) is 27.4. The molecule has 3 nitrogen and oxygen atoms in total. The van der Waals surface area contributed by atoms with Crippen LogP contribution < -0.4 is 0 Å². The maximum atomic E-state index is 11.8. The van der Waals surface area contributed by atoms with Crippen molar-refractivity contribution in [2.24, 2.45) is 0 Å². The van der Waals surface area contributed by atoms with E-state index in [1.54, 1.807) is 0 Å². The molecule has 0 N–H and O–H groups in total. The zero-order chi connectivity index (χ0) is 39.3. The maximum Gasteiger partial charge on any atom is 0.332 e. The number of carbonyl (C=O) groups is 1. The Morgan fingerprint density at radius 1 is 0.607 bits per heavy atom. The van der Waals surface area contributed by atoms with Gasteiger partial charge >= 0.3 is 5.97 Å². The second-order valence-electron chi connectivity index (χ2n) is 15.2. The molecule has 6 aromatic rings. The van der Waals surface area contributed by atoms with Gasteiger partial charge in [0.15, 0.2) is 6.79 Å². The van der Waals surface area contributed by atoms with E-state index in [9.17, 15) is 4.79 Å². The second-order valence-corrected chi connectivity index (χ2v) is 17.4. The normalized spacial score (nSPS) is 11.6. The topological polar surface area (TPSA) is 35.5 Å². The van der Waals surface area contributed by atoms with E-state index >= 15 is 0 Å². The van der Waals surface area contributed by atoms with Crippen molar-refractivity contribution in [1.82, 2.24) is 0 Å². The number of hydrogen-bond acceptors (Lipinski definition) is 5. The van der Waals surface area contributed by atoms with Crippen LogP contribution in [0.4, 0.5) is 0 Å². The highest BCUT2D eigenvalue weighted by molar-refractivity contribution is 7.22. The third-order valence-electron chi connectivity index (χ3n) is 11.1. The first kappa shape index (κ1) is 41.6. The molecule has 5 heteroatoms. The molecule has 2 heterocycles. The zero-order valence-electron chi connectivity index (χ0n) is 34.1. The van der Waals surface area contributed by atoms with Gasteiger partial charge in [-0.15, -0.1) is 22.7 Å². The molecule has 0 aliphatic carbocycles. The predicted molar refractivity (Wildman–Crippen MR) is 242 cm³/mol. The van der Waals surface area contributed by atoms with Crippen LogP contribution in [-0.4, -0.2) is 18.9 Å². The Labute approximate surface area is 343 Å². The van der Waals surface area contributed by atoms with Crippen LogP contribution in [-0.2, 0) is 52.8 Å². The molecule has 6 rings (SSSR count). The van der Waals surface area contributed by atoms with Crippen LogP contribution in [0.1, 0.15) is 112 Å². The number of fused-ring (bicyclic) bond motifs is 2. The first-order valence-electron chi connectivity index (χ1n) is 21.1. The average Bonchev–Trinajstić information content (AvgIpc) is 3.85. The molecule has 4 aromatic carbocycles. The van der Waals surface area contributed by atoms with Gasteiger partial charge in [-0.05, 0) is 144 Å². The Balaban J connectivity index is 1.12. The van der Waals surface area contributed by atoms with Crippen LogP contribution >= 0.6 is 22.7 Å². The lowest BCUT2D eigenvalue weighted by Crippen LogP contribution is -2.18. The standard InChI is InChI=1S/C51H60O3S2/c1-6-11-13-15-36-21-27-45(40(8-3)29-36)49-33-42-23-17-38(31-47(42)55-49)19-25-44(53-35-54-51(52)10-5)26-20-39-18-24-43-34-50(56-48(43)32-39)46-28-22-37(16-14-12-7-2)30-41(46)9-4/h10,17-18,21-24,27-34,44H,5-9,11-16,19-20,25-26,35H2,1-4H3. The van der Waals surface area contributed by atoms with E-state index in [2.05, 4.69) is 119 Å². The lowest BCUT2D eigenvalue weighted by atomic mass is 9.97. The van der Waals surface area contributed by atoms with Gasteiger partial charge in [-0.3, -0.25) is 0 Å². The Hall–Kier alpha value is -4.03. The second kappa shape index (κ2) is 20.9. The molecule has 294 valence electrons. The molecule has 0 unspecified atom stereocenters. The number of carbonyl (C=O) groups excluding carboxylic acids is 1. The van der Waals surface area contributed by atoms with Gasteiger partial charge in [-0.25, -0.2) is 4.79 Å². The molecule has 0 radical (unpaired) electrons. The highest BCUT2D eigenvalue weighted by Gasteiger charge is 2.15. The molecule has 2 aromatic heterocycles. The Morgan fingerprint density at radius 2 is 1.07 bits per heavy atom. The largest absolute Gasteiger partial charge is 0.435 e. The van der Waals surface area contributed by atoms with Gasteiger partial charge < -0.3 is 9.47 Å². The van der Waals surface area contributed by atoms with Crippen molar-refractivity contribution in [3.8, 4) is 20.9 Å². The lowest BCUT2D eigenvalue weighted by molar-refractivity contribution is -0.155. The monoisotopic (exact) mass is 784 g/mol. The van der Waals surface area contributed by atoms with Crippen molar-refractivity contribution in [3.05, 3.63) is 131 Å². The molecule has 0 bridgehead atoms. The quantitative estimate of drug-likeness (QED) is 0.0298. The van der Waals surface area contributed by atoms with E-state index in [-0.39, 0.29) is 12.9 Å². The van der Waals surface area contributed by atoms with Gasteiger partial charge in [0.2, 0.25) is 0 Å². The average molecular weight is 785 g/mol. The van der Waals surface area contributed by atoms with E-state index < -0.39 is 5.97 Å². The SMILES string of the molecule is C=CC(=O)OCOC(CCc1ccc2cc(-c3ccc(CCCCC)cc3CC)sc2c1)CCc1ccc2cc(-c3ccc(CCCCC)cc3CC)sc2c1. The summed E-state index contributed by atoms with van der Waals surface area (Å²) in [6.07, 6.45) is 16.6. The Bertz CT molecular complexity index is 2060.